The first-order valence-corrected chi connectivity index (χ1v) is 7.02. The molecule has 110 valence electrons. The van der Waals surface area contributed by atoms with Crippen molar-refractivity contribution in [2.45, 2.75) is 51.3 Å². The Morgan fingerprint density at radius 2 is 2.05 bits per heavy atom. The molecule has 1 saturated heterocycles. The zero-order valence-electron chi connectivity index (χ0n) is 12.1. The normalized spacial score (nSPS) is 25.3. The topological polar surface area (TPSA) is 44.8 Å². The molecule has 0 saturated carbocycles. The summed E-state index contributed by atoms with van der Waals surface area (Å²) in [6, 6.07) is 10.1. The van der Waals surface area contributed by atoms with Crippen molar-refractivity contribution in [3.8, 4) is 0 Å². The molecular weight excluding hydrogens is 256 g/mol. The van der Waals surface area contributed by atoms with Crippen LogP contribution in [0.2, 0.25) is 0 Å². The Kier molecular flexibility index (Phi) is 5.29. The molecule has 1 aliphatic rings. The summed E-state index contributed by atoms with van der Waals surface area (Å²) >= 11 is 0. The van der Waals surface area contributed by atoms with Gasteiger partial charge in [-0.3, -0.25) is 0 Å². The highest BCUT2D eigenvalue weighted by atomic mass is 16.7. The van der Waals surface area contributed by atoms with Crippen LogP contribution in [-0.2, 0) is 25.6 Å². The molecule has 0 aromatic heterocycles. The third-order valence-corrected chi connectivity index (χ3v) is 3.23. The van der Waals surface area contributed by atoms with Gasteiger partial charge in [0.15, 0.2) is 5.79 Å². The van der Waals surface area contributed by atoms with Crippen LogP contribution in [0.1, 0.15) is 32.3 Å². The van der Waals surface area contributed by atoms with Gasteiger partial charge in [0.1, 0.15) is 12.4 Å². The third kappa shape index (κ3) is 4.71. The van der Waals surface area contributed by atoms with Crippen molar-refractivity contribution in [2.75, 3.05) is 6.61 Å². The second-order valence-electron chi connectivity index (χ2n) is 5.49. The van der Waals surface area contributed by atoms with Gasteiger partial charge in [0.2, 0.25) is 0 Å². The van der Waals surface area contributed by atoms with E-state index in [1.54, 1.807) is 0 Å². The quantitative estimate of drug-likeness (QED) is 0.593. The highest BCUT2D eigenvalue weighted by Gasteiger charge is 2.34. The van der Waals surface area contributed by atoms with Crippen molar-refractivity contribution in [2.24, 2.45) is 0 Å². The maximum absolute atomic E-state index is 10.9. The molecule has 2 rings (SSSR count). The van der Waals surface area contributed by atoms with Crippen molar-refractivity contribution >= 4 is 6.29 Å². The highest BCUT2D eigenvalue weighted by molar-refractivity contribution is 5.56. The molecule has 20 heavy (non-hydrogen) atoms. The molecule has 1 aromatic rings. The maximum Gasteiger partial charge on any atom is 0.164 e. The minimum atomic E-state index is -0.700. The van der Waals surface area contributed by atoms with Gasteiger partial charge in [0.25, 0.3) is 0 Å². The Bertz CT molecular complexity index is 416. The fraction of sp³-hybridized carbons (Fsp3) is 0.562. The summed E-state index contributed by atoms with van der Waals surface area (Å²) in [5.41, 5.74) is 1.16. The number of hydrogen-bond donors (Lipinski definition) is 0. The van der Waals surface area contributed by atoms with E-state index < -0.39 is 5.79 Å². The van der Waals surface area contributed by atoms with E-state index in [1.165, 1.54) is 0 Å². The molecular formula is C16H22O4. The van der Waals surface area contributed by atoms with Crippen molar-refractivity contribution in [3.05, 3.63) is 35.9 Å². The largest absolute Gasteiger partial charge is 0.377 e. The van der Waals surface area contributed by atoms with Gasteiger partial charge >= 0.3 is 0 Å². The van der Waals surface area contributed by atoms with E-state index in [0.29, 0.717) is 19.6 Å². The first-order valence-electron chi connectivity index (χ1n) is 7.02. The van der Waals surface area contributed by atoms with Crippen LogP contribution < -0.4 is 0 Å². The standard InChI is InChI=1S/C16H22O4/c1-16(2)19-14(10-15(11-17)20-16)8-9-18-12-13-6-4-3-5-7-13/h3-7,11,14-15H,8-10,12H2,1-2H3/t14-,15-/m0/s1. The minimum Gasteiger partial charge on any atom is -0.377 e. The fourth-order valence-electron chi connectivity index (χ4n) is 2.39. The van der Waals surface area contributed by atoms with Crippen LogP contribution in [-0.4, -0.2) is 30.9 Å². The molecule has 0 aliphatic carbocycles. The van der Waals surface area contributed by atoms with Crippen LogP contribution in [0.5, 0.6) is 0 Å². The monoisotopic (exact) mass is 278 g/mol. The van der Waals surface area contributed by atoms with Crippen LogP contribution in [0.15, 0.2) is 30.3 Å². The number of aldehydes is 1. The molecule has 0 radical (unpaired) electrons. The minimum absolute atomic E-state index is 0.00437. The molecule has 1 aliphatic heterocycles. The Morgan fingerprint density at radius 3 is 2.75 bits per heavy atom. The molecule has 0 N–H and O–H groups in total. The van der Waals surface area contributed by atoms with Crippen molar-refractivity contribution < 1.29 is 19.0 Å². The molecule has 0 amide bonds. The highest BCUT2D eigenvalue weighted by Crippen LogP contribution is 2.27. The van der Waals surface area contributed by atoms with Gasteiger partial charge in [-0.25, -0.2) is 0 Å². The molecule has 1 aromatic carbocycles. The lowest BCUT2D eigenvalue weighted by molar-refractivity contribution is -0.292. The molecule has 0 bridgehead atoms. The first kappa shape index (κ1) is 15.2. The summed E-state index contributed by atoms with van der Waals surface area (Å²) in [6.45, 7) is 4.88. The lowest BCUT2D eigenvalue weighted by Crippen LogP contribution is -2.45. The lowest BCUT2D eigenvalue weighted by atomic mass is 10.1. The number of carbonyl (C=O) groups is 1. The van der Waals surface area contributed by atoms with Gasteiger partial charge in [-0.1, -0.05) is 30.3 Å². The first-order chi connectivity index (χ1) is 9.59. The van der Waals surface area contributed by atoms with E-state index in [-0.39, 0.29) is 12.2 Å². The number of carbonyl (C=O) groups excluding carboxylic acids is 1. The van der Waals surface area contributed by atoms with Crippen LogP contribution in [0.4, 0.5) is 0 Å². The van der Waals surface area contributed by atoms with E-state index >= 15 is 0 Å². The average molecular weight is 278 g/mol. The maximum atomic E-state index is 10.9. The Morgan fingerprint density at radius 1 is 1.30 bits per heavy atom. The Hall–Kier alpha value is -1.23. The smallest absolute Gasteiger partial charge is 0.164 e. The van der Waals surface area contributed by atoms with Gasteiger partial charge < -0.3 is 19.0 Å². The van der Waals surface area contributed by atoms with Crippen LogP contribution in [0, 0.1) is 0 Å². The SMILES string of the molecule is CC1(C)O[C@@H](CCOCc2ccccc2)C[C@@H](C=O)O1. The van der Waals surface area contributed by atoms with E-state index in [2.05, 4.69) is 0 Å². The molecule has 2 atom stereocenters. The predicted octanol–water partition coefficient (Wildman–Crippen LogP) is 2.70. The average Bonchev–Trinajstić information content (AvgIpc) is 2.43. The van der Waals surface area contributed by atoms with E-state index in [4.69, 9.17) is 14.2 Å². The number of rotatable bonds is 6. The van der Waals surface area contributed by atoms with Gasteiger partial charge in [-0.05, 0) is 25.8 Å². The second kappa shape index (κ2) is 6.97. The number of hydrogen-bond acceptors (Lipinski definition) is 4. The van der Waals surface area contributed by atoms with Crippen LogP contribution >= 0.6 is 0 Å². The van der Waals surface area contributed by atoms with E-state index in [9.17, 15) is 4.79 Å². The molecule has 4 nitrogen and oxygen atoms in total. The molecule has 1 fully saturated rings. The summed E-state index contributed by atoms with van der Waals surface area (Å²) in [5.74, 6) is -0.700. The third-order valence-electron chi connectivity index (χ3n) is 3.23. The van der Waals surface area contributed by atoms with Crippen LogP contribution in [0.25, 0.3) is 0 Å². The summed E-state index contributed by atoms with van der Waals surface area (Å²) in [7, 11) is 0. The zero-order valence-corrected chi connectivity index (χ0v) is 12.1. The van der Waals surface area contributed by atoms with Crippen molar-refractivity contribution in [1.29, 1.82) is 0 Å². The lowest BCUT2D eigenvalue weighted by Gasteiger charge is -2.39. The van der Waals surface area contributed by atoms with Gasteiger partial charge in [0, 0.05) is 13.0 Å². The zero-order chi connectivity index (χ0) is 14.4. The summed E-state index contributed by atoms with van der Waals surface area (Å²) < 4.78 is 16.9. The summed E-state index contributed by atoms with van der Waals surface area (Å²) in [4.78, 5) is 10.9. The Balaban J connectivity index is 1.72. The van der Waals surface area contributed by atoms with Gasteiger partial charge in [-0.2, -0.15) is 0 Å². The van der Waals surface area contributed by atoms with Gasteiger partial charge in [0.05, 0.1) is 12.7 Å². The van der Waals surface area contributed by atoms with E-state index in [0.717, 1.165) is 18.3 Å². The summed E-state index contributed by atoms with van der Waals surface area (Å²) in [6.07, 6.45) is 1.84. The molecule has 4 heteroatoms. The van der Waals surface area contributed by atoms with Gasteiger partial charge in [-0.15, -0.1) is 0 Å². The number of benzene rings is 1. The summed E-state index contributed by atoms with van der Waals surface area (Å²) in [5, 5.41) is 0. The van der Waals surface area contributed by atoms with Crippen molar-refractivity contribution in [1.82, 2.24) is 0 Å². The van der Waals surface area contributed by atoms with Crippen LogP contribution in [0.3, 0.4) is 0 Å². The number of ether oxygens (including phenoxy) is 3. The molecule has 1 heterocycles. The van der Waals surface area contributed by atoms with E-state index in [1.807, 2.05) is 44.2 Å². The predicted molar refractivity (Wildman–Crippen MR) is 75.2 cm³/mol. The Labute approximate surface area is 120 Å². The second-order valence-corrected chi connectivity index (χ2v) is 5.49. The molecule has 0 spiro atoms. The molecule has 0 unspecified atom stereocenters. The fourth-order valence-corrected chi connectivity index (χ4v) is 2.39. The van der Waals surface area contributed by atoms with Crippen molar-refractivity contribution in [3.63, 3.8) is 0 Å².